The Morgan fingerprint density at radius 2 is 1.98 bits per heavy atom. The van der Waals surface area contributed by atoms with Crippen LogP contribution in [0.1, 0.15) is 52.5 Å². The Bertz CT molecular complexity index is 1480. The third-order valence-corrected chi connectivity index (χ3v) is 6.83. The molecular weight excluding hydrogens is 682 g/mol. The van der Waals surface area contributed by atoms with Gasteiger partial charge in [-0.05, 0) is 60.6 Å². The SMILES string of the molecule is O=C(NCc1cccc(OC(F)(F)I)c1)C1=CN(CCC(F)Cn2cc(C(=O)NCc3cc(C4CC4)ccn3)nn2)NN1. The molecule has 0 bridgehead atoms. The summed E-state index contributed by atoms with van der Waals surface area (Å²) in [5.41, 5.74) is 8.31. The van der Waals surface area contributed by atoms with Crippen LogP contribution in [0.2, 0.25) is 0 Å². The van der Waals surface area contributed by atoms with E-state index in [0.29, 0.717) is 11.5 Å². The molecular formula is C27H29F3IN9O3. The number of carbonyl (C=O) groups is 2. The van der Waals surface area contributed by atoms with E-state index in [0.717, 1.165) is 28.3 Å². The Balaban J connectivity index is 1.02. The lowest BCUT2D eigenvalue weighted by molar-refractivity contribution is -0.118. The second kappa shape index (κ2) is 13.6. The summed E-state index contributed by atoms with van der Waals surface area (Å²) in [6.07, 6.45) is 5.77. The maximum atomic E-state index is 14.7. The van der Waals surface area contributed by atoms with Crippen LogP contribution < -0.4 is 26.3 Å². The lowest BCUT2D eigenvalue weighted by Gasteiger charge is -2.16. The van der Waals surface area contributed by atoms with Crippen LogP contribution in [0.3, 0.4) is 0 Å². The van der Waals surface area contributed by atoms with Crippen LogP contribution in [0.5, 0.6) is 5.75 Å². The van der Waals surface area contributed by atoms with E-state index in [-0.39, 0.29) is 49.7 Å². The van der Waals surface area contributed by atoms with E-state index in [1.54, 1.807) is 18.3 Å². The molecule has 228 valence electrons. The molecule has 12 nitrogen and oxygen atoms in total. The van der Waals surface area contributed by atoms with E-state index in [2.05, 4.69) is 41.6 Å². The fourth-order valence-electron chi connectivity index (χ4n) is 4.31. The maximum absolute atomic E-state index is 14.7. The van der Waals surface area contributed by atoms with Crippen molar-refractivity contribution in [2.75, 3.05) is 6.54 Å². The van der Waals surface area contributed by atoms with Crippen molar-refractivity contribution in [2.45, 2.75) is 55.1 Å². The average molecular weight is 711 g/mol. The van der Waals surface area contributed by atoms with E-state index in [1.807, 2.05) is 12.1 Å². The van der Waals surface area contributed by atoms with Gasteiger partial charge in [-0.1, -0.05) is 17.3 Å². The Morgan fingerprint density at radius 1 is 1.16 bits per heavy atom. The van der Waals surface area contributed by atoms with Crippen LogP contribution in [0.4, 0.5) is 13.2 Å². The molecule has 43 heavy (non-hydrogen) atoms. The van der Waals surface area contributed by atoms with Crippen molar-refractivity contribution in [2.24, 2.45) is 0 Å². The highest BCUT2D eigenvalue weighted by Crippen LogP contribution is 2.39. The topological polar surface area (TPSA) is 138 Å². The molecule has 0 saturated heterocycles. The van der Waals surface area contributed by atoms with Gasteiger partial charge in [0.25, 0.3) is 11.8 Å². The third-order valence-electron chi connectivity index (χ3n) is 6.61. The number of rotatable bonds is 14. The molecule has 16 heteroatoms. The summed E-state index contributed by atoms with van der Waals surface area (Å²) in [7, 11) is 0. The highest BCUT2D eigenvalue weighted by Gasteiger charge is 2.26. The molecule has 1 aliphatic heterocycles. The van der Waals surface area contributed by atoms with Gasteiger partial charge >= 0.3 is 4.12 Å². The number of carbonyl (C=O) groups excluding carboxylic acids is 2. The van der Waals surface area contributed by atoms with Gasteiger partial charge < -0.3 is 15.4 Å². The van der Waals surface area contributed by atoms with Gasteiger partial charge in [0, 0.05) is 25.5 Å². The number of ether oxygens (including phenoxy) is 1. The van der Waals surface area contributed by atoms with Gasteiger partial charge in [0.15, 0.2) is 5.69 Å². The fourth-order valence-corrected chi connectivity index (χ4v) is 4.56. The van der Waals surface area contributed by atoms with Crippen LogP contribution in [0, 0.1) is 0 Å². The molecule has 1 unspecified atom stereocenters. The number of benzene rings is 1. The molecule has 1 aliphatic carbocycles. The zero-order valence-electron chi connectivity index (χ0n) is 22.8. The first kappa shape index (κ1) is 30.5. The van der Waals surface area contributed by atoms with Crippen LogP contribution in [-0.2, 0) is 24.4 Å². The number of hydrogen-bond acceptors (Lipinski definition) is 9. The van der Waals surface area contributed by atoms with E-state index < -0.39 is 22.1 Å². The van der Waals surface area contributed by atoms with E-state index in [1.165, 1.54) is 52.6 Å². The second-order valence-electron chi connectivity index (χ2n) is 10.1. The summed E-state index contributed by atoms with van der Waals surface area (Å²) in [6.45, 7) is 0.460. The minimum Gasteiger partial charge on any atom is -0.425 e. The van der Waals surface area contributed by atoms with Crippen LogP contribution in [0.25, 0.3) is 0 Å². The minimum atomic E-state index is -3.35. The van der Waals surface area contributed by atoms with Gasteiger partial charge in [-0.2, -0.15) is 8.78 Å². The first-order valence-electron chi connectivity index (χ1n) is 13.5. The Labute approximate surface area is 258 Å². The summed E-state index contributed by atoms with van der Waals surface area (Å²) in [6, 6.07) is 10.0. The molecule has 1 aromatic carbocycles. The number of alkyl halides is 4. The van der Waals surface area contributed by atoms with Gasteiger partial charge in [-0.25, -0.2) is 9.07 Å². The molecule has 1 fully saturated rings. The van der Waals surface area contributed by atoms with Crippen LogP contribution >= 0.6 is 22.6 Å². The lowest BCUT2D eigenvalue weighted by atomic mass is 10.1. The average Bonchev–Trinajstić information content (AvgIpc) is 3.53. The number of halogens is 4. The summed E-state index contributed by atoms with van der Waals surface area (Å²) in [4.78, 5) is 29.3. The van der Waals surface area contributed by atoms with Crippen molar-refractivity contribution in [3.05, 3.63) is 83.2 Å². The summed E-state index contributed by atoms with van der Waals surface area (Å²) >= 11 is 0.879. The normalized spacial score (nSPS) is 15.4. The largest absolute Gasteiger partial charge is 0.451 e. The number of amides is 2. The Morgan fingerprint density at radius 3 is 2.77 bits per heavy atom. The van der Waals surface area contributed by atoms with Crippen molar-refractivity contribution in [1.29, 1.82) is 0 Å². The van der Waals surface area contributed by atoms with Gasteiger partial charge in [0.05, 0.1) is 47.6 Å². The van der Waals surface area contributed by atoms with E-state index in [9.17, 15) is 22.8 Å². The van der Waals surface area contributed by atoms with Crippen molar-refractivity contribution in [3.8, 4) is 5.75 Å². The molecule has 5 rings (SSSR count). The van der Waals surface area contributed by atoms with Gasteiger partial charge in [-0.15, -0.1) is 10.6 Å². The smallest absolute Gasteiger partial charge is 0.425 e. The molecule has 1 atom stereocenters. The number of aromatic nitrogens is 4. The molecule has 0 spiro atoms. The Hall–Kier alpha value is -3.93. The maximum Gasteiger partial charge on any atom is 0.451 e. The zero-order chi connectivity index (χ0) is 30.4. The molecule has 3 heterocycles. The molecule has 2 aromatic heterocycles. The number of hydrazine groups is 2. The summed E-state index contributed by atoms with van der Waals surface area (Å²) < 4.78 is 43.3. The number of hydrogen-bond donors (Lipinski definition) is 4. The predicted octanol–water partition coefficient (Wildman–Crippen LogP) is 3.06. The molecule has 2 aliphatic rings. The zero-order valence-corrected chi connectivity index (χ0v) is 24.9. The molecule has 3 aromatic rings. The van der Waals surface area contributed by atoms with Crippen molar-refractivity contribution in [3.63, 3.8) is 0 Å². The van der Waals surface area contributed by atoms with E-state index >= 15 is 0 Å². The minimum absolute atomic E-state index is 0.0222. The molecule has 4 N–H and O–H groups in total. The van der Waals surface area contributed by atoms with Crippen molar-refractivity contribution in [1.82, 2.24) is 46.6 Å². The van der Waals surface area contributed by atoms with E-state index in [4.69, 9.17) is 0 Å². The standard InChI is InChI=1S/C27H29F3IN9O3/c28-20(14-40-16-24(36-38-40)26(42)34-13-21-11-19(6-8-32-21)18-4-5-18)7-9-39-15-23(35-37-39)25(41)33-12-17-2-1-3-22(10-17)43-27(29,30)31/h1-3,6,8,10-11,15-16,18,20,35,37H,4-5,7,9,12-14H2,(H,33,41)(H,34,42). The quantitative estimate of drug-likeness (QED) is 0.147. The summed E-state index contributed by atoms with van der Waals surface area (Å²) in [5, 5.41) is 14.7. The monoisotopic (exact) mass is 711 g/mol. The molecule has 1 saturated carbocycles. The first-order valence-corrected chi connectivity index (χ1v) is 14.6. The second-order valence-corrected chi connectivity index (χ2v) is 11.4. The van der Waals surface area contributed by atoms with Crippen LogP contribution in [-0.4, -0.2) is 53.6 Å². The highest BCUT2D eigenvalue weighted by atomic mass is 127. The number of nitrogens with zero attached hydrogens (tertiary/aromatic N) is 5. The van der Waals surface area contributed by atoms with Gasteiger partial charge in [-0.3, -0.25) is 25.0 Å². The Kier molecular flexibility index (Phi) is 9.64. The van der Waals surface area contributed by atoms with Crippen molar-refractivity contribution < 1.29 is 27.5 Å². The predicted molar refractivity (Wildman–Crippen MR) is 156 cm³/mol. The number of nitrogens with one attached hydrogen (secondary N) is 4. The molecule has 2 amide bonds. The highest BCUT2D eigenvalue weighted by molar-refractivity contribution is 14.1. The van der Waals surface area contributed by atoms with Gasteiger partial charge in [0.1, 0.15) is 17.6 Å². The molecule has 0 radical (unpaired) electrons. The van der Waals surface area contributed by atoms with Crippen LogP contribution in [0.15, 0.2) is 60.7 Å². The number of pyridine rings is 1. The lowest BCUT2D eigenvalue weighted by Crippen LogP contribution is -2.40. The van der Waals surface area contributed by atoms with Gasteiger partial charge in [0.2, 0.25) is 0 Å². The van der Waals surface area contributed by atoms with Crippen molar-refractivity contribution >= 4 is 34.4 Å². The first-order chi connectivity index (χ1) is 20.6. The fraction of sp³-hybridized carbons (Fsp3) is 0.370. The third kappa shape index (κ3) is 9.28. The summed E-state index contributed by atoms with van der Waals surface area (Å²) in [5.74, 6) is -0.305.